The molecule has 0 amide bonds. The van der Waals surface area contributed by atoms with Gasteiger partial charge in [0.05, 0.1) is 6.20 Å². The van der Waals surface area contributed by atoms with Gasteiger partial charge < -0.3 is 9.32 Å². The number of fused-ring (bicyclic) bond motifs is 1. The summed E-state index contributed by atoms with van der Waals surface area (Å²) in [4.78, 5) is 10.5. The van der Waals surface area contributed by atoms with Crippen molar-refractivity contribution < 1.29 is 4.42 Å². The number of hydrogen-bond donors (Lipinski definition) is 0. The van der Waals surface area contributed by atoms with Gasteiger partial charge in [-0.3, -0.25) is 4.98 Å². The largest absolute Gasteiger partial charge is 0.419 e. The minimum Gasteiger partial charge on any atom is -0.419 e. The van der Waals surface area contributed by atoms with Crippen LogP contribution in [0, 0.1) is 11.8 Å². The minimum atomic E-state index is 0.458. The normalized spacial score (nSPS) is 30.4. The summed E-state index contributed by atoms with van der Waals surface area (Å²) in [5.74, 6) is 3.09. The van der Waals surface area contributed by atoms with Crippen LogP contribution in [0.5, 0.6) is 0 Å². The van der Waals surface area contributed by atoms with E-state index in [-0.39, 0.29) is 0 Å². The number of rotatable bonds is 2. The lowest BCUT2D eigenvalue weighted by atomic mass is 10.3. The molecule has 2 aliphatic rings. The Labute approximate surface area is 104 Å². The number of piperidine rings is 1. The molecule has 2 aromatic heterocycles. The molecular weight excluding hydrogens is 230 g/mol. The highest BCUT2D eigenvalue weighted by Gasteiger charge is 2.58. The van der Waals surface area contributed by atoms with Crippen molar-refractivity contribution in [1.82, 2.24) is 25.1 Å². The highest BCUT2D eigenvalue weighted by atomic mass is 16.4. The molecule has 1 unspecified atom stereocenters. The van der Waals surface area contributed by atoms with Crippen molar-refractivity contribution in [3.8, 4) is 11.6 Å². The fraction of sp³-hybridized carbons (Fsp3) is 0.500. The number of likely N-dealkylation sites (tertiary alicyclic amines) is 1. The van der Waals surface area contributed by atoms with Gasteiger partial charge in [0.25, 0.3) is 5.89 Å². The van der Waals surface area contributed by atoms with Gasteiger partial charge in [0.2, 0.25) is 5.89 Å². The van der Waals surface area contributed by atoms with E-state index < -0.39 is 0 Å². The summed E-state index contributed by atoms with van der Waals surface area (Å²) in [6, 6.07) is 0. The van der Waals surface area contributed by atoms with Gasteiger partial charge in [-0.15, -0.1) is 10.2 Å². The van der Waals surface area contributed by atoms with Gasteiger partial charge >= 0.3 is 0 Å². The molecule has 6 nitrogen and oxygen atoms in total. The topological polar surface area (TPSA) is 67.9 Å². The Morgan fingerprint density at radius 3 is 2.78 bits per heavy atom. The second-order valence-electron chi connectivity index (χ2n) is 5.11. The van der Waals surface area contributed by atoms with E-state index in [0.717, 1.165) is 19.0 Å². The summed E-state index contributed by atoms with van der Waals surface area (Å²) in [5, 5.41) is 8.22. The molecular formula is C12H13N5O. The smallest absolute Gasteiger partial charge is 0.267 e. The Bertz CT molecular complexity index is 557. The molecule has 18 heavy (non-hydrogen) atoms. The van der Waals surface area contributed by atoms with Crippen molar-refractivity contribution in [3.05, 3.63) is 24.5 Å². The van der Waals surface area contributed by atoms with E-state index in [1.807, 2.05) is 0 Å². The van der Waals surface area contributed by atoms with E-state index in [4.69, 9.17) is 4.42 Å². The third-order valence-corrected chi connectivity index (χ3v) is 3.88. The second-order valence-corrected chi connectivity index (χ2v) is 5.11. The van der Waals surface area contributed by atoms with Gasteiger partial charge in [0.1, 0.15) is 5.69 Å². The molecule has 0 aromatic carbocycles. The number of hydrogen-bond acceptors (Lipinski definition) is 6. The molecule has 6 heteroatoms. The van der Waals surface area contributed by atoms with Crippen LogP contribution in [-0.2, 0) is 0 Å². The van der Waals surface area contributed by atoms with Crippen molar-refractivity contribution in [1.29, 1.82) is 0 Å². The van der Waals surface area contributed by atoms with Crippen molar-refractivity contribution >= 4 is 0 Å². The van der Waals surface area contributed by atoms with Gasteiger partial charge in [-0.05, 0) is 18.9 Å². The Morgan fingerprint density at radius 1 is 1.22 bits per heavy atom. The first kappa shape index (κ1) is 10.1. The molecule has 4 rings (SSSR count). The summed E-state index contributed by atoms with van der Waals surface area (Å²) in [7, 11) is 2.15. The zero-order valence-corrected chi connectivity index (χ0v) is 10.0. The predicted octanol–water partition coefficient (Wildman–Crippen LogP) is 0.802. The number of aromatic nitrogens is 4. The van der Waals surface area contributed by atoms with E-state index in [9.17, 15) is 0 Å². The standard InChI is InChI=1S/C12H13N5O/c1-17-5-7-8(6-17)10(7)12-16-15-11(18-12)9-4-13-2-3-14-9/h2-4,7-8,10H,5-6H2,1H3/t7-,8+,10?. The molecule has 0 N–H and O–H groups in total. The molecule has 3 atom stereocenters. The lowest BCUT2D eigenvalue weighted by Crippen LogP contribution is -2.18. The van der Waals surface area contributed by atoms with Crippen LogP contribution in [0.4, 0.5) is 0 Å². The molecule has 1 aliphatic carbocycles. The summed E-state index contributed by atoms with van der Waals surface area (Å²) in [6.45, 7) is 2.27. The maximum absolute atomic E-state index is 5.72. The Morgan fingerprint density at radius 2 is 2.06 bits per heavy atom. The molecule has 2 aromatic rings. The van der Waals surface area contributed by atoms with Crippen LogP contribution in [0.3, 0.4) is 0 Å². The maximum atomic E-state index is 5.72. The zero-order chi connectivity index (χ0) is 12.1. The van der Waals surface area contributed by atoms with Crippen LogP contribution in [0.2, 0.25) is 0 Å². The quantitative estimate of drug-likeness (QED) is 0.777. The van der Waals surface area contributed by atoms with Crippen LogP contribution >= 0.6 is 0 Å². The highest BCUT2D eigenvalue weighted by molar-refractivity contribution is 5.43. The van der Waals surface area contributed by atoms with Crippen molar-refractivity contribution in [3.63, 3.8) is 0 Å². The van der Waals surface area contributed by atoms with E-state index in [1.165, 1.54) is 0 Å². The lowest BCUT2D eigenvalue weighted by molar-refractivity contribution is 0.348. The molecule has 0 radical (unpaired) electrons. The predicted molar refractivity (Wildman–Crippen MR) is 62.5 cm³/mol. The van der Waals surface area contributed by atoms with Gasteiger partial charge in [-0.2, -0.15) is 0 Å². The lowest BCUT2D eigenvalue weighted by Gasteiger charge is -2.10. The molecule has 2 fully saturated rings. The maximum Gasteiger partial charge on any atom is 0.267 e. The fourth-order valence-corrected chi connectivity index (χ4v) is 2.99. The van der Waals surface area contributed by atoms with Gasteiger partial charge in [-0.1, -0.05) is 0 Å². The average Bonchev–Trinajstić information content (AvgIpc) is 2.82. The molecule has 3 heterocycles. The van der Waals surface area contributed by atoms with E-state index in [0.29, 0.717) is 29.3 Å². The summed E-state index contributed by atoms with van der Waals surface area (Å²) < 4.78 is 5.72. The van der Waals surface area contributed by atoms with Gasteiger partial charge in [0, 0.05) is 31.4 Å². The van der Waals surface area contributed by atoms with Gasteiger partial charge in [-0.25, -0.2) is 4.98 Å². The molecule has 1 aliphatic heterocycles. The van der Waals surface area contributed by atoms with E-state index in [2.05, 4.69) is 32.1 Å². The minimum absolute atomic E-state index is 0.458. The Hall–Kier alpha value is -1.82. The van der Waals surface area contributed by atoms with Crippen LogP contribution < -0.4 is 0 Å². The monoisotopic (exact) mass is 243 g/mol. The van der Waals surface area contributed by atoms with Crippen molar-refractivity contribution in [2.75, 3.05) is 20.1 Å². The Kier molecular flexibility index (Phi) is 2.02. The first-order chi connectivity index (χ1) is 8.83. The Balaban J connectivity index is 1.57. The molecule has 1 saturated heterocycles. The first-order valence-corrected chi connectivity index (χ1v) is 6.11. The average molecular weight is 243 g/mol. The fourth-order valence-electron chi connectivity index (χ4n) is 2.99. The van der Waals surface area contributed by atoms with Crippen molar-refractivity contribution in [2.45, 2.75) is 5.92 Å². The van der Waals surface area contributed by atoms with Crippen molar-refractivity contribution in [2.24, 2.45) is 11.8 Å². The van der Waals surface area contributed by atoms with Crippen LogP contribution in [-0.4, -0.2) is 45.2 Å². The van der Waals surface area contributed by atoms with Crippen LogP contribution in [0.15, 0.2) is 23.0 Å². The summed E-state index contributed by atoms with van der Waals surface area (Å²) >= 11 is 0. The number of nitrogens with zero attached hydrogens (tertiary/aromatic N) is 5. The SMILES string of the molecule is CN1C[C@@H]2C(c3nnc(-c4cnccn4)o3)[C@@H]2C1. The highest BCUT2D eigenvalue weighted by Crippen LogP contribution is 2.57. The summed E-state index contributed by atoms with van der Waals surface area (Å²) in [6.07, 6.45) is 4.89. The van der Waals surface area contributed by atoms with Crippen LogP contribution in [0.25, 0.3) is 11.6 Å². The van der Waals surface area contributed by atoms with E-state index >= 15 is 0 Å². The van der Waals surface area contributed by atoms with Crippen LogP contribution in [0.1, 0.15) is 11.8 Å². The molecule has 0 bridgehead atoms. The first-order valence-electron chi connectivity index (χ1n) is 6.11. The molecule has 92 valence electrons. The zero-order valence-electron chi connectivity index (χ0n) is 10.0. The van der Waals surface area contributed by atoms with Gasteiger partial charge in [0.15, 0.2) is 0 Å². The third kappa shape index (κ3) is 1.45. The molecule has 1 saturated carbocycles. The molecule has 0 spiro atoms. The van der Waals surface area contributed by atoms with E-state index in [1.54, 1.807) is 18.6 Å². The second kappa shape index (κ2) is 3.58. The summed E-state index contributed by atoms with van der Waals surface area (Å²) in [5.41, 5.74) is 0.638. The third-order valence-electron chi connectivity index (χ3n) is 3.88.